The van der Waals surface area contributed by atoms with E-state index in [2.05, 4.69) is 10.3 Å². The number of aromatic nitrogens is 1. The Morgan fingerprint density at radius 2 is 2.43 bits per heavy atom. The minimum Gasteiger partial charge on any atom is -0.396 e. The molecule has 0 aromatic carbocycles. The number of anilines is 1. The van der Waals surface area contributed by atoms with Crippen molar-refractivity contribution in [3.05, 3.63) is 23.9 Å². The zero-order valence-corrected chi connectivity index (χ0v) is 8.07. The summed E-state index contributed by atoms with van der Waals surface area (Å²) in [7, 11) is 0. The van der Waals surface area contributed by atoms with E-state index in [1.54, 1.807) is 18.2 Å². The number of nitrogens with one attached hydrogen (secondary N) is 1. The minimum atomic E-state index is 0.145. The molecule has 4 heteroatoms. The fraction of sp³-hybridized carbons (Fsp3) is 0.400. The Balaban J connectivity index is 2.63. The van der Waals surface area contributed by atoms with Crippen LogP contribution in [0.3, 0.4) is 0 Å². The SMILES string of the molecule is C[C@@H](CCO)Nc1cccc(C#N)n1. The monoisotopic (exact) mass is 191 g/mol. The number of pyridine rings is 1. The van der Waals surface area contributed by atoms with E-state index in [9.17, 15) is 0 Å². The Kier molecular flexibility index (Phi) is 3.89. The molecule has 0 fully saturated rings. The van der Waals surface area contributed by atoms with Gasteiger partial charge in [0.1, 0.15) is 17.6 Å². The molecule has 4 nitrogen and oxygen atoms in total. The maximum atomic E-state index is 8.70. The van der Waals surface area contributed by atoms with Gasteiger partial charge in [-0.05, 0) is 25.5 Å². The molecular formula is C10H13N3O. The van der Waals surface area contributed by atoms with E-state index in [0.717, 1.165) is 0 Å². The van der Waals surface area contributed by atoms with Crippen LogP contribution in [0.2, 0.25) is 0 Å². The van der Waals surface area contributed by atoms with Gasteiger partial charge in [0.05, 0.1) is 0 Å². The lowest BCUT2D eigenvalue weighted by Gasteiger charge is -2.12. The van der Waals surface area contributed by atoms with E-state index >= 15 is 0 Å². The van der Waals surface area contributed by atoms with Crippen LogP contribution >= 0.6 is 0 Å². The number of nitriles is 1. The number of hydrogen-bond donors (Lipinski definition) is 2. The van der Waals surface area contributed by atoms with Crippen molar-refractivity contribution in [2.75, 3.05) is 11.9 Å². The van der Waals surface area contributed by atoms with Gasteiger partial charge in [-0.2, -0.15) is 5.26 Å². The number of hydrogen-bond acceptors (Lipinski definition) is 4. The summed E-state index contributed by atoms with van der Waals surface area (Å²) in [5.41, 5.74) is 0.395. The van der Waals surface area contributed by atoms with Crippen LogP contribution in [0.5, 0.6) is 0 Å². The van der Waals surface area contributed by atoms with Gasteiger partial charge in [-0.15, -0.1) is 0 Å². The molecule has 0 amide bonds. The molecule has 0 aliphatic carbocycles. The van der Waals surface area contributed by atoms with E-state index in [1.807, 2.05) is 13.0 Å². The Morgan fingerprint density at radius 3 is 3.07 bits per heavy atom. The first-order chi connectivity index (χ1) is 6.76. The molecule has 74 valence electrons. The van der Waals surface area contributed by atoms with Crippen molar-refractivity contribution in [2.24, 2.45) is 0 Å². The molecule has 0 spiro atoms. The third kappa shape index (κ3) is 3.04. The Bertz CT molecular complexity index is 332. The number of rotatable bonds is 4. The maximum Gasteiger partial charge on any atom is 0.142 e. The van der Waals surface area contributed by atoms with Crippen molar-refractivity contribution >= 4 is 5.82 Å². The molecule has 0 bridgehead atoms. The molecule has 2 N–H and O–H groups in total. The van der Waals surface area contributed by atoms with E-state index in [0.29, 0.717) is 17.9 Å². The lowest BCUT2D eigenvalue weighted by molar-refractivity contribution is 0.282. The fourth-order valence-corrected chi connectivity index (χ4v) is 1.10. The van der Waals surface area contributed by atoms with Crippen LogP contribution in [-0.2, 0) is 0 Å². The fourth-order valence-electron chi connectivity index (χ4n) is 1.10. The number of nitrogens with zero attached hydrogens (tertiary/aromatic N) is 2. The van der Waals surface area contributed by atoms with Gasteiger partial charge < -0.3 is 10.4 Å². The first kappa shape index (κ1) is 10.5. The third-order valence-corrected chi connectivity index (χ3v) is 1.82. The minimum absolute atomic E-state index is 0.145. The molecule has 0 aliphatic rings. The number of aliphatic hydroxyl groups is 1. The largest absolute Gasteiger partial charge is 0.396 e. The summed E-state index contributed by atoms with van der Waals surface area (Å²) in [5, 5.41) is 20.4. The van der Waals surface area contributed by atoms with Crippen molar-refractivity contribution in [3.8, 4) is 6.07 Å². The summed E-state index contributed by atoms with van der Waals surface area (Å²) in [6.45, 7) is 2.10. The van der Waals surface area contributed by atoms with Gasteiger partial charge in [-0.3, -0.25) is 0 Å². The van der Waals surface area contributed by atoms with E-state index in [1.165, 1.54) is 0 Å². The molecule has 1 aromatic rings. The summed E-state index contributed by atoms with van der Waals surface area (Å²) in [6.07, 6.45) is 0.665. The highest BCUT2D eigenvalue weighted by Gasteiger charge is 2.02. The molecule has 1 heterocycles. The molecule has 0 radical (unpaired) electrons. The molecular weight excluding hydrogens is 178 g/mol. The van der Waals surface area contributed by atoms with Crippen LogP contribution in [0, 0.1) is 11.3 Å². The Labute approximate surface area is 83.2 Å². The first-order valence-electron chi connectivity index (χ1n) is 4.51. The molecule has 1 aromatic heterocycles. The Hall–Kier alpha value is -1.60. The van der Waals surface area contributed by atoms with Crippen molar-refractivity contribution in [1.82, 2.24) is 4.98 Å². The topological polar surface area (TPSA) is 68.9 Å². The van der Waals surface area contributed by atoms with E-state index in [4.69, 9.17) is 10.4 Å². The van der Waals surface area contributed by atoms with Crippen LogP contribution in [0.25, 0.3) is 0 Å². The van der Waals surface area contributed by atoms with Crippen molar-refractivity contribution < 1.29 is 5.11 Å². The van der Waals surface area contributed by atoms with Gasteiger partial charge in [0.25, 0.3) is 0 Å². The lowest BCUT2D eigenvalue weighted by Crippen LogP contribution is -2.17. The van der Waals surface area contributed by atoms with Gasteiger partial charge in [0.2, 0.25) is 0 Å². The predicted octanol–water partition coefficient (Wildman–Crippen LogP) is 1.14. The summed E-state index contributed by atoms with van der Waals surface area (Å²) < 4.78 is 0. The van der Waals surface area contributed by atoms with Crippen molar-refractivity contribution in [3.63, 3.8) is 0 Å². The molecule has 14 heavy (non-hydrogen) atoms. The van der Waals surface area contributed by atoms with Gasteiger partial charge in [-0.1, -0.05) is 6.07 Å². The van der Waals surface area contributed by atoms with Crippen LogP contribution in [0.4, 0.5) is 5.82 Å². The van der Waals surface area contributed by atoms with E-state index < -0.39 is 0 Å². The van der Waals surface area contributed by atoms with Crippen LogP contribution in [-0.4, -0.2) is 22.7 Å². The summed E-state index contributed by atoms with van der Waals surface area (Å²) in [5.74, 6) is 0.671. The molecule has 0 saturated heterocycles. The Morgan fingerprint density at radius 1 is 1.64 bits per heavy atom. The van der Waals surface area contributed by atoms with Crippen molar-refractivity contribution in [2.45, 2.75) is 19.4 Å². The smallest absolute Gasteiger partial charge is 0.142 e. The average molecular weight is 191 g/mol. The maximum absolute atomic E-state index is 8.70. The van der Waals surface area contributed by atoms with Gasteiger partial charge >= 0.3 is 0 Å². The standard InChI is InChI=1S/C10H13N3O/c1-8(5-6-14)12-10-4-2-3-9(7-11)13-10/h2-4,8,14H,5-6H2,1H3,(H,12,13)/t8-/m0/s1. The summed E-state index contributed by atoms with van der Waals surface area (Å²) in [4.78, 5) is 4.06. The highest BCUT2D eigenvalue weighted by Crippen LogP contribution is 2.06. The summed E-state index contributed by atoms with van der Waals surface area (Å²) in [6, 6.07) is 7.36. The van der Waals surface area contributed by atoms with Crippen molar-refractivity contribution in [1.29, 1.82) is 5.26 Å². The van der Waals surface area contributed by atoms with Crippen LogP contribution < -0.4 is 5.32 Å². The normalized spacial score (nSPS) is 11.8. The predicted molar refractivity (Wildman–Crippen MR) is 53.7 cm³/mol. The molecule has 1 rings (SSSR count). The van der Waals surface area contributed by atoms with Gasteiger partial charge in [0, 0.05) is 12.6 Å². The molecule has 0 aliphatic heterocycles. The quantitative estimate of drug-likeness (QED) is 0.748. The third-order valence-electron chi connectivity index (χ3n) is 1.82. The zero-order chi connectivity index (χ0) is 10.4. The molecule has 0 unspecified atom stereocenters. The second kappa shape index (κ2) is 5.20. The second-order valence-electron chi connectivity index (χ2n) is 3.08. The highest BCUT2D eigenvalue weighted by molar-refractivity contribution is 5.38. The molecule has 0 saturated carbocycles. The van der Waals surface area contributed by atoms with Crippen LogP contribution in [0.1, 0.15) is 19.0 Å². The van der Waals surface area contributed by atoms with Crippen LogP contribution in [0.15, 0.2) is 18.2 Å². The van der Waals surface area contributed by atoms with E-state index in [-0.39, 0.29) is 12.6 Å². The molecule has 1 atom stereocenters. The second-order valence-corrected chi connectivity index (χ2v) is 3.08. The zero-order valence-electron chi connectivity index (χ0n) is 8.07. The summed E-state index contributed by atoms with van der Waals surface area (Å²) >= 11 is 0. The number of aliphatic hydroxyl groups excluding tert-OH is 1. The lowest BCUT2D eigenvalue weighted by atomic mass is 10.2. The highest BCUT2D eigenvalue weighted by atomic mass is 16.3. The van der Waals surface area contributed by atoms with Gasteiger partial charge in [0.15, 0.2) is 0 Å². The average Bonchev–Trinajstić information content (AvgIpc) is 2.18. The van der Waals surface area contributed by atoms with Gasteiger partial charge in [-0.25, -0.2) is 4.98 Å². The first-order valence-corrected chi connectivity index (χ1v) is 4.51.